The highest BCUT2D eigenvalue weighted by Gasteiger charge is 2.59. The maximum Gasteiger partial charge on any atom is 0.266 e. The average Bonchev–Trinajstić information content (AvgIpc) is 3.03. The van der Waals surface area contributed by atoms with Gasteiger partial charge in [0.15, 0.2) is 5.13 Å². The second kappa shape index (κ2) is 5.70. The number of aryl methyl sites for hydroxylation is 1. The molecule has 4 atom stereocenters. The molecule has 1 amide bonds. The molecule has 4 rings (SSSR count). The minimum absolute atomic E-state index is 0.200. The Morgan fingerprint density at radius 1 is 1.42 bits per heavy atom. The Bertz CT molecular complexity index is 659. The number of aromatic nitrogens is 1. The Kier molecular flexibility index (Phi) is 3.88. The molecule has 6 heteroatoms. The lowest BCUT2D eigenvalue weighted by Gasteiger charge is -2.50. The maximum atomic E-state index is 13.4. The van der Waals surface area contributed by atoms with E-state index >= 15 is 0 Å². The molecular formula is C18H28N4OS. The van der Waals surface area contributed by atoms with Gasteiger partial charge in [-0.15, -0.1) is 0 Å². The van der Waals surface area contributed by atoms with Crippen LogP contribution in [0.5, 0.6) is 0 Å². The van der Waals surface area contributed by atoms with Crippen molar-refractivity contribution < 1.29 is 4.79 Å². The van der Waals surface area contributed by atoms with Crippen molar-refractivity contribution in [3.05, 3.63) is 10.6 Å². The van der Waals surface area contributed by atoms with Crippen molar-refractivity contribution in [2.45, 2.75) is 64.6 Å². The molecule has 3 aliphatic rings. The number of carbonyl (C=O) groups excluding carboxylic acids is 1. The quantitative estimate of drug-likeness (QED) is 0.912. The zero-order chi connectivity index (χ0) is 17.1. The largest absolute Gasteiger partial charge is 0.362 e. The second-order valence-electron chi connectivity index (χ2n) is 7.91. The van der Waals surface area contributed by atoms with Crippen molar-refractivity contribution in [3.8, 4) is 0 Å². The number of anilines is 1. The van der Waals surface area contributed by atoms with Crippen LogP contribution in [0.3, 0.4) is 0 Å². The van der Waals surface area contributed by atoms with Crippen molar-refractivity contribution in [2.75, 3.05) is 25.5 Å². The zero-order valence-electron chi connectivity index (χ0n) is 15.1. The highest BCUT2D eigenvalue weighted by molar-refractivity contribution is 7.17. The molecule has 1 aromatic heterocycles. The van der Waals surface area contributed by atoms with E-state index in [9.17, 15) is 4.79 Å². The number of likely N-dealkylation sites (N-methyl/N-ethyl adjacent to an activating group) is 1. The molecule has 5 nitrogen and oxygen atoms in total. The molecule has 1 saturated carbocycles. The lowest BCUT2D eigenvalue weighted by atomic mass is 9.66. The summed E-state index contributed by atoms with van der Waals surface area (Å²) in [5.74, 6) is 0.200. The fraction of sp³-hybridized carbons (Fsp3) is 0.778. The molecule has 24 heavy (non-hydrogen) atoms. The normalized spacial score (nSPS) is 35.3. The molecule has 0 radical (unpaired) electrons. The number of likely N-dealkylation sites (tertiary alicyclic amines) is 2. The smallest absolute Gasteiger partial charge is 0.266 e. The van der Waals surface area contributed by atoms with Gasteiger partial charge in [0.2, 0.25) is 0 Å². The summed E-state index contributed by atoms with van der Waals surface area (Å²) < 4.78 is 0. The third-order valence-corrected chi connectivity index (χ3v) is 7.69. The van der Waals surface area contributed by atoms with Crippen LogP contribution < -0.4 is 5.32 Å². The van der Waals surface area contributed by atoms with Gasteiger partial charge in [0, 0.05) is 36.6 Å². The number of hydrogen-bond acceptors (Lipinski definition) is 5. The average molecular weight is 349 g/mol. The van der Waals surface area contributed by atoms with E-state index in [2.05, 4.69) is 41.0 Å². The van der Waals surface area contributed by atoms with Crippen LogP contribution in [0.4, 0.5) is 5.13 Å². The van der Waals surface area contributed by atoms with Gasteiger partial charge in [-0.1, -0.05) is 18.3 Å². The summed E-state index contributed by atoms with van der Waals surface area (Å²) in [7, 11) is 2.26. The molecular weight excluding hydrogens is 320 g/mol. The molecule has 2 aliphatic heterocycles. The molecule has 1 N–H and O–H groups in total. The van der Waals surface area contributed by atoms with E-state index in [1.165, 1.54) is 30.6 Å². The van der Waals surface area contributed by atoms with Gasteiger partial charge in [-0.25, -0.2) is 4.98 Å². The zero-order valence-corrected chi connectivity index (χ0v) is 15.9. The van der Waals surface area contributed by atoms with Crippen molar-refractivity contribution in [2.24, 2.45) is 5.41 Å². The molecule has 132 valence electrons. The van der Waals surface area contributed by atoms with Crippen LogP contribution in [0.1, 0.15) is 54.9 Å². The molecule has 1 aromatic rings. The highest BCUT2D eigenvalue weighted by atomic mass is 32.1. The monoisotopic (exact) mass is 348 g/mol. The van der Waals surface area contributed by atoms with Crippen LogP contribution in [-0.4, -0.2) is 59.0 Å². The standard InChI is InChI=1S/C18H28N4OS/c1-5-19-17-20-11(2)15(24-17)16(23)22-10-12-9-18(3)13(21(12)4)7-6-8-14(18)22/h12-14H,5-10H2,1-4H3,(H,19,20)/t12-,13-,14+,18-/m0/s1. The maximum absolute atomic E-state index is 13.4. The summed E-state index contributed by atoms with van der Waals surface area (Å²) >= 11 is 1.51. The lowest BCUT2D eigenvalue weighted by molar-refractivity contribution is 0.0120. The van der Waals surface area contributed by atoms with Crippen LogP contribution in [-0.2, 0) is 0 Å². The van der Waals surface area contributed by atoms with E-state index in [1.807, 2.05) is 6.92 Å². The fourth-order valence-corrected chi connectivity index (χ4v) is 6.46. The van der Waals surface area contributed by atoms with Gasteiger partial charge in [-0.2, -0.15) is 0 Å². The molecule has 0 spiro atoms. The van der Waals surface area contributed by atoms with Gasteiger partial charge < -0.3 is 10.2 Å². The summed E-state index contributed by atoms with van der Waals surface area (Å²) in [6.07, 6.45) is 4.91. The third kappa shape index (κ3) is 2.22. The molecule has 2 saturated heterocycles. The first kappa shape index (κ1) is 16.3. The Morgan fingerprint density at radius 3 is 2.92 bits per heavy atom. The Labute approximate surface area is 148 Å². The van der Waals surface area contributed by atoms with Gasteiger partial charge in [0.25, 0.3) is 5.91 Å². The highest BCUT2D eigenvalue weighted by Crippen LogP contribution is 2.54. The lowest BCUT2D eigenvalue weighted by Crippen LogP contribution is -2.57. The van der Waals surface area contributed by atoms with Gasteiger partial charge in [0.05, 0.1) is 5.69 Å². The Balaban J connectivity index is 1.66. The van der Waals surface area contributed by atoms with E-state index in [-0.39, 0.29) is 11.3 Å². The van der Waals surface area contributed by atoms with Gasteiger partial charge >= 0.3 is 0 Å². The van der Waals surface area contributed by atoms with Crippen LogP contribution in [0.2, 0.25) is 0 Å². The molecule has 3 heterocycles. The molecule has 3 fully saturated rings. The topological polar surface area (TPSA) is 48.5 Å². The number of nitrogens with one attached hydrogen (secondary N) is 1. The number of carbonyl (C=O) groups is 1. The first-order valence-electron chi connectivity index (χ1n) is 9.20. The van der Waals surface area contributed by atoms with Gasteiger partial charge in [-0.05, 0) is 46.6 Å². The van der Waals surface area contributed by atoms with Crippen molar-refractivity contribution in [1.82, 2.24) is 14.8 Å². The number of amides is 1. The number of piperidine rings is 1. The number of rotatable bonds is 3. The first-order chi connectivity index (χ1) is 11.5. The van der Waals surface area contributed by atoms with Gasteiger partial charge in [0.1, 0.15) is 4.88 Å². The predicted molar refractivity (Wildman–Crippen MR) is 97.8 cm³/mol. The van der Waals surface area contributed by atoms with E-state index in [4.69, 9.17) is 0 Å². The summed E-state index contributed by atoms with van der Waals surface area (Å²) in [4.78, 5) is 23.5. The predicted octanol–water partition coefficient (Wildman–Crippen LogP) is 2.97. The summed E-state index contributed by atoms with van der Waals surface area (Å²) in [6.45, 7) is 8.14. The number of nitrogens with zero attached hydrogens (tertiary/aromatic N) is 3. The molecule has 2 bridgehead atoms. The van der Waals surface area contributed by atoms with Gasteiger partial charge in [-0.3, -0.25) is 9.69 Å². The Hall–Kier alpha value is -1.14. The SMILES string of the molecule is CCNc1nc(C)c(C(=O)N2C[C@@H]3C[C@@]4(C)[C@H](CCC[C@@H]24)N3C)s1. The first-order valence-corrected chi connectivity index (χ1v) is 10.0. The van der Waals surface area contributed by atoms with Crippen molar-refractivity contribution in [3.63, 3.8) is 0 Å². The molecule has 0 unspecified atom stereocenters. The summed E-state index contributed by atoms with van der Waals surface area (Å²) in [6, 6.07) is 1.53. The minimum Gasteiger partial charge on any atom is -0.362 e. The van der Waals surface area contributed by atoms with Crippen LogP contribution in [0.25, 0.3) is 0 Å². The molecule has 0 aromatic carbocycles. The number of hydrogen-bond donors (Lipinski definition) is 1. The summed E-state index contributed by atoms with van der Waals surface area (Å²) in [5, 5.41) is 4.11. The fourth-order valence-electron chi connectivity index (χ4n) is 5.47. The van der Waals surface area contributed by atoms with E-state index in [0.717, 1.165) is 35.2 Å². The third-order valence-electron chi connectivity index (χ3n) is 6.58. The van der Waals surface area contributed by atoms with E-state index < -0.39 is 0 Å². The molecule has 1 aliphatic carbocycles. The van der Waals surface area contributed by atoms with E-state index in [0.29, 0.717) is 18.1 Å². The van der Waals surface area contributed by atoms with Crippen LogP contribution in [0, 0.1) is 12.3 Å². The minimum atomic E-state index is 0.200. The van der Waals surface area contributed by atoms with Crippen LogP contribution in [0.15, 0.2) is 0 Å². The number of thiazole rings is 1. The Morgan fingerprint density at radius 2 is 2.17 bits per heavy atom. The van der Waals surface area contributed by atoms with Crippen molar-refractivity contribution >= 4 is 22.4 Å². The summed E-state index contributed by atoms with van der Waals surface area (Å²) in [5.41, 5.74) is 1.12. The van der Waals surface area contributed by atoms with Crippen LogP contribution >= 0.6 is 11.3 Å². The number of fused-ring (bicyclic) bond motifs is 1. The van der Waals surface area contributed by atoms with E-state index in [1.54, 1.807) is 0 Å². The second-order valence-corrected chi connectivity index (χ2v) is 8.91. The van der Waals surface area contributed by atoms with Crippen molar-refractivity contribution in [1.29, 1.82) is 0 Å².